The van der Waals surface area contributed by atoms with Crippen LogP contribution in [0.2, 0.25) is 0 Å². The molecule has 2 rings (SSSR count). The SMILES string of the molecule is CN1CCC(NC(=O)C2(C(F)(F)F)CCNC2)C1=O. The number of alkyl halides is 3. The van der Waals surface area contributed by atoms with Crippen LogP contribution in [0.15, 0.2) is 0 Å². The van der Waals surface area contributed by atoms with Gasteiger partial charge in [0.2, 0.25) is 11.8 Å². The molecule has 0 aromatic rings. The molecule has 2 unspecified atom stereocenters. The second-order valence-electron chi connectivity index (χ2n) is 5.08. The second kappa shape index (κ2) is 4.66. The normalized spacial score (nSPS) is 31.9. The van der Waals surface area contributed by atoms with Crippen molar-refractivity contribution < 1.29 is 22.8 Å². The van der Waals surface area contributed by atoms with Crippen LogP contribution in [0.25, 0.3) is 0 Å². The molecule has 2 aliphatic rings. The molecule has 19 heavy (non-hydrogen) atoms. The first-order valence-electron chi connectivity index (χ1n) is 6.11. The van der Waals surface area contributed by atoms with Crippen LogP contribution in [0.5, 0.6) is 0 Å². The summed E-state index contributed by atoms with van der Waals surface area (Å²) in [5.41, 5.74) is -2.41. The van der Waals surface area contributed by atoms with Gasteiger partial charge in [-0.15, -0.1) is 0 Å². The molecule has 0 radical (unpaired) electrons. The molecule has 2 saturated heterocycles. The number of nitrogens with one attached hydrogen (secondary N) is 2. The summed E-state index contributed by atoms with van der Waals surface area (Å²) in [4.78, 5) is 25.0. The number of nitrogens with zero attached hydrogens (tertiary/aromatic N) is 1. The van der Waals surface area contributed by atoms with Crippen LogP contribution in [-0.2, 0) is 9.59 Å². The van der Waals surface area contributed by atoms with E-state index in [0.717, 1.165) is 0 Å². The highest BCUT2D eigenvalue weighted by Gasteiger charge is 2.61. The van der Waals surface area contributed by atoms with E-state index in [1.54, 1.807) is 7.05 Å². The quantitative estimate of drug-likeness (QED) is 0.740. The highest BCUT2D eigenvalue weighted by atomic mass is 19.4. The van der Waals surface area contributed by atoms with Gasteiger partial charge in [-0.05, 0) is 19.4 Å². The van der Waals surface area contributed by atoms with Crippen LogP contribution >= 0.6 is 0 Å². The molecule has 2 fully saturated rings. The van der Waals surface area contributed by atoms with Crippen molar-refractivity contribution in [3.05, 3.63) is 0 Å². The Kier molecular flexibility index (Phi) is 3.46. The van der Waals surface area contributed by atoms with E-state index in [2.05, 4.69) is 10.6 Å². The molecule has 2 atom stereocenters. The number of rotatable bonds is 2. The van der Waals surface area contributed by atoms with E-state index in [1.807, 2.05) is 0 Å². The molecule has 0 bridgehead atoms. The molecule has 8 heteroatoms. The summed E-state index contributed by atoms with van der Waals surface area (Å²) in [7, 11) is 1.56. The lowest BCUT2D eigenvalue weighted by atomic mass is 9.85. The number of likely N-dealkylation sites (N-methyl/N-ethyl adjacent to an activating group) is 1. The van der Waals surface area contributed by atoms with Gasteiger partial charge in [0.05, 0.1) is 0 Å². The van der Waals surface area contributed by atoms with Gasteiger partial charge >= 0.3 is 6.18 Å². The molecule has 0 spiro atoms. The largest absolute Gasteiger partial charge is 0.404 e. The molecular weight excluding hydrogens is 263 g/mol. The average Bonchev–Trinajstić information content (AvgIpc) is 2.91. The van der Waals surface area contributed by atoms with E-state index >= 15 is 0 Å². The van der Waals surface area contributed by atoms with Gasteiger partial charge in [-0.3, -0.25) is 9.59 Å². The van der Waals surface area contributed by atoms with Crippen LogP contribution in [-0.4, -0.2) is 55.6 Å². The lowest BCUT2D eigenvalue weighted by molar-refractivity contribution is -0.216. The third kappa shape index (κ3) is 2.29. The minimum absolute atomic E-state index is 0.144. The first-order chi connectivity index (χ1) is 8.78. The summed E-state index contributed by atoms with van der Waals surface area (Å²) in [5.74, 6) is -1.43. The summed E-state index contributed by atoms with van der Waals surface area (Å²) < 4.78 is 39.4. The van der Waals surface area contributed by atoms with Crippen LogP contribution in [0.3, 0.4) is 0 Å². The summed E-state index contributed by atoms with van der Waals surface area (Å²) in [5, 5.41) is 4.83. The zero-order chi connectivity index (χ0) is 14.3. The maximum atomic E-state index is 13.1. The summed E-state index contributed by atoms with van der Waals surface area (Å²) in [6.07, 6.45) is -4.56. The first-order valence-corrected chi connectivity index (χ1v) is 6.11. The summed E-state index contributed by atoms with van der Waals surface area (Å²) >= 11 is 0. The molecule has 2 aliphatic heterocycles. The maximum absolute atomic E-state index is 13.1. The highest BCUT2D eigenvalue weighted by molar-refractivity contribution is 5.91. The molecule has 2 heterocycles. The maximum Gasteiger partial charge on any atom is 0.404 e. The Morgan fingerprint density at radius 1 is 1.53 bits per heavy atom. The molecule has 0 aliphatic carbocycles. The Bertz CT molecular complexity index is 391. The Labute approximate surface area is 108 Å². The van der Waals surface area contributed by atoms with Gasteiger partial charge in [0.1, 0.15) is 6.04 Å². The molecule has 2 amide bonds. The van der Waals surface area contributed by atoms with Gasteiger partial charge in [-0.1, -0.05) is 0 Å². The van der Waals surface area contributed by atoms with Crippen LogP contribution < -0.4 is 10.6 Å². The number of carbonyl (C=O) groups excluding carboxylic acids is 2. The van der Waals surface area contributed by atoms with E-state index in [9.17, 15) is 22.8 Å². The van der Waals surface area contributed by atoms with Crippen molar-refractivity contribution in [2.75, 3.05) is 26.7 Å². The number of hydrogen-bond acceptors (Lipinski definition) is 3. The van der Waals surface area contributed by atoms with Crippen molar-refractivity contribution in [2.45, 2.75) is 25.1 Å². The predicted molar refractivity (Wildman–Crippen MR) is 60.2 cm³/mol. The Hall–Kier alpha value is -1.31. The number of halogens is 3. The molecule has 5 nitrogen and oxygen atoms in total. The van der Waals surface area contributed by atoms with Crippen molar-refractivity contribution in [2.24, 2.45) is 5.41 Å². The van der Waals surface area contributed by atoms with Gasteiger partial charge < -0.3 is 15.5 Å². The zero-order valence-electron chi connectivity index (χ0n) is 10.5. The fourth-order valence-corrected chi connectivity index (χ4v) is 2.51. The topological polar surface area (TPSA) is 61.4 Å². The molecule has 0 saturated carbocycles. The second-order valence-corrected chi connectivity index (χ2v) is 5.08. The minimum atomic E-state index is -4.62. The zero-order valence-corrected chi connectivity index (χ0v) is 10.5. The fraction of sp³-hybridized carbons (Fsp3) is 0.818. The van der Waals surface area contributed by atoms with Gasteiger partial charge in [0.15, 0.2) is 5.41 Å². The third-order valence-electron chi connectivity index (χ3n) is 3.87. The summed E-state index contributed by atoms with van der Waals surface area (Å²) in [6, 6.07) is -0.836. The van der Waals surface area contributed by atoms with Gasteiger partial charge in [0.25, 0.3) is 0 Å². The highest BCUT2D eigenvalue weighted by Crippen LogP contribution is 2.43. The fourth-order valence-electron chi connectivity index (χ4n) is 2.51. The van der Waals surface area contributed by atoms with E-state index in [0.29, 0.717) is 13.0 Å². The van der Waals surface area contributed by atoms with Crippen molar-refractivity contribution in [1.29, 1.82) is 0 Å². The average molecular weight is 279 g/mol. The van der Waals surface area contributed by atoms with E-state index in [-0.39, 0.29) is 18.9 Å². The van der Waals surface area contributed by atoms with Crippen molar-refractivity contribution in [3.8, 4) is 0 Å². The standard InChI is InChI=1S/C11H16F3N3O2/c1-17-5-2-7(8(17)18)16-9(19)10(11(12,13)14)3-4-15-6-10/h7,15H,2-6H2,1H3,(H,16,19). The van der Waals surface area contributed by atoms with Crippen molar-refractivity contribution >= 4 is 11.8 Å². The third-order valence-corrected chi connectivity index (χ3v) is 3.87. The van der Waals surface area contributed by atoms with Crippen LogP contribution in [0.4, 0.5) is 13.2 Å². The Morgan fingerprint density at radius 3 is 2.63 bits per heavy atom. The molecule has 0 aromatic heterocycles. The Balaban J connectivity index is 2.12. The first kappa shape index (κ1) is 14.1. The summed E-state index contributed by atoms with van der Waals surface area (Å²) in [6.45, 7) is 0.158. The van der Waals surface area contributed by atoms with Crippen molar-refractivity contribution in [1.82, 2.24) is 15.5 Å². The number of amides is 2. The number of likely N-dealkylation sites (tertiary alicyclic amines) is 1. The predicted octanol–water partition coefficient (Wildman–Crippen LogP) is -0.125. The van der Waals surface area contributed by atoms with E-state index in [4.69, 9.17) is 0 Å². The van der Waals surface area contributed by atoms with Crippen LogP contribution in [0, 0.1) is 5.41 Å². The van der Waals surface area contributed by atoms with Crippen LogP contribution in [0.1, 0.15) is 12.8 Å². The molecule has 108 valence electrons. The molecular formula is C11H16F3N3O2. The number of carbonyl (C=O) groups is 2. The number of hydrogen-bond donors (Lipinski definition) is 2. The lowest BCUT2D eigenvalue weighted by Gasteiger charge is -2.30. The molecule has 0 aromatic carbocycles. The van der Waals surface area contributed by atoms with E-state index < -0.39 is 30.1 Å². The van der Waals surface area contributed by atoms with Gasteiger partial charge in [0, 0.05) is 20.1 Å². The van der Waals surface area contributed by atoms with E-state index in [1.165, 1.54) is 4.90 Å². The Morgan fingerprint density at radius 2 is 2.21 bits per heavy atom. The van der Waals surface area contributed by atoms with Crippen molar-refractivity contribution in [3.63, 3.8) is 0 Å². The van der Waals surface area contributed by atoms with Gasteiger partial charge in [-0.2, -0.15) is 13.2 Å². The minimum Gasteiger partial charge on any atom is -0.344 e. The van der Waals surface area contributed by atoms with Gasteiger partial charge in [-0.25, -0.2) is 0 Å². The smallest absolute Gasteiger partial charge is 0.344 e. The lowest BCUT2D eigenvalue weighted by Crippen LogP contribution is -2.55. The molecule has 2 N–H and O–H groups in total. The monoisotopic (exact) mass is 279 g/mol.